The highest BCUT2D eigenvalue weighted by atomic mass is 19.2. The zero-order chi connectivity index (χ0) is 13.7. The molecule has 102 valence electrons. The predicted molar refractivity (Wildman–Crippen MR) is 62.1 cm³/mol. The van der Waals surface area contributed by atoms with Crippen LogP contribution in [0.15, 0.2) is 12.1 Å². The number of hydrogen-bond acceptors (Lipinski definition) is 3. The highest BCUT2D eigenvalue weighted by Crippen LogP contribution is 2.24. The molecule has 0 saturated carbocycles. The van der Waals surface area contributed by atoms with E-state index < -0.39 is 23.5 Å². The Bertz CT molecular complexity index is 401. The number of ether oxygens (including phenoxy) is 1. The summed E-state index contributed by atoms with van der Waals surface area (Å²) < 4.78 is 44.5. The molecule has 0 saturated heterocycles. The van der Waals surface area contributed by atoms with Gasteiger partial charge in [-0.25, -0.2) is 13.2 Å². The first kappa shape index (κ1) is 14.9. The first-order chi connectivity index (χ1) is 8.51. The number of methoxy groups -OCH3 is 1. The lowest BCUT2D eigenvalue weighted by Crippen LogP contribution is -2.29. The van der Waals surface area contributed by atoms with Crippen LogP contribution in [-0.4, -0.2) is 13.2 Å². The number of halogens is 3. The van der Waals surface area contributed by atoms with E-state index in [9.17, 15) is 13.2 Å². The largest absolute Gasteiger partial charge is 0.382 e. The van der Waals surface area contributed by atoms with Gasteiger partial charge in [0.1, 0.15) is 0 Å². The van der Waals surface area contributed by atoms with E-state index in [0.29, 0.717) is 12.8 Å². The molecule has 0 bridgehead atoms. The van der Waals surface area contributed by atoms with Gasteiger partial charge in [-0.3, -0.25) is 11.3 Å². The molecule has 18 heavy (non-hydrogen) atoms. The molecule has 1 aromatic carbocycles. The fraction of sp³-hybridized carbons (Fsp3) is 0.500. The van der Waals surface area contributed by atoms with Crippen LogP contribution < -0.4 is 11.3 Å². The van der Waals surface area contributed by atoms with Crippen molar-refractivity contribution in [2.75, 3.05) is 7.11 Å². The Hall–Kier alpha value is -1.11. The molecule has 0 aromatic heterocycles. The van der Waals surface area contributed by atoms with Crippen molar-refractivity contribution in [1.82, 2.24) is 5.43 Å². The van der Waals surface area contributed by atoms with Gasteiger partial charge in [0.15, 0.2) is 17.5 Å². The number of nitrogens with two attached hydrogens (primary N) is 1. The summed E-state index contributed by atoms with van der Waals surface area (Å²) in [6, 6.07) is 1.49. The molecular formula is C12H17F3N2O. The van der Waals surface area contributed by atoms with E-state index in [0.717, 1.165) is 6.07 Å². The van der Waals surface area contributed by atoms with Crippen LogP contribution in [0.4, 0.5) is 13.2 Å². The Kier molecular flexibility index (Phi) is 5.58. The van der Waals surface area contributed by atoms with Gasteiger partial charge in [-0.05, 0) is 25.8 Å². The molecule has 2 atom stereocenters. The fourth-order valence-electron chi connectivity index (χ4n) is 1.66. The maximum Gasteiger partial charge on any atom is 0.194 e. The van der Waals surface area contributed by atoms with Gasteiger partial charge in [-0.2, -0.15) is 0 Å². The van der Waals surface area contributed by atoms with Crippen LogP contribution in [0.25, 0.3) is 0 Å². The van der Waals surface area contributed by atoms with Crippen molar-refractivity contribution in [3.8, 4) is 0 Å². The highest BCUT2D eigenvalue weighted by Gasteiger charge is 2.20. The van der Waals surface area contributed by atoms with Crippen LogP contribution >= 0.6 is 0 Å². The van der Waals surface area contributed by atoms with Crippen molar-refractivity contribution in [1.29, 1.82) is 0 Å². The molecule has 2 unspecified atom stereocenters. The van der Waals surface area contributed by atoms with E-state index in [1.807, 2.05) is 6.92 Å². The summed E-state index contributed by atoms with van der Waals surface area (Å²) in [5.41, 5.74) is 2.41. The topological polar surface area (TPSA) is 47.3 Å². The Morgan fingerprint density at radius 1 is 1.22 bits per heavy atom. The Balaban J connectivity index is 2.85. The minimum absolute atomic E-state index is 0.0136. The molecule has 0 aliphatic rings. The third-order valence-corrected chi connectivity index (χ3v) is 2.91. The maximum absolute atomic E-state index is 13.6. The average molecular weight is 262 g/mol. The summed E-state index contributed by atoms with van der Waals surface area (Å²) in [7, 11) is 1.56. The second-order valence-electron chi connectivity index (χ2n) is 4.11. The molecule has 0 aliphatic carbocycles. The number of hydrogen-bond donors (Lipinski definition) is 2. The SMILES string of the molecule is COC(C)CCC(NN)c1ccc(F)c(F)c1F. The van der Waals surface area contributed by atoms with Crippen molar-refractivity contribution >= 4 is 0 Å². The Morgan fingerprint density at radius 3 is 2.44 bits per heavy atom. The molecule has 0 heterocycles. The third kappa shape index (κ3) is 3.44. The molecule has 3 N–H and O–H groups in total. The quantitative estimate of drug-likeness (QED) is 0.470. The number of rotatable bonds is 6. The lowest BCUT2D eigenvalue weighted by molar-refractivity contribution is 0.106. The zero-order valence-electron chi connectivity index (χ0n) is 10.3. The van der Waals surface area contributed by atoms with E-state index in [2.05, 4.69) is 5.43 Å². The van der Waals surface area contributed by atoms with Crippen LogP contribution in [-0.2, 0) is 4.74 Å². The lowest BCUT2D eigenvalue weighted by Gasteiger charge is -2.19. The molecule has 1 rings (SSSR count). The van der Waals surface area contributed by atoms with Gasteiger partial charge >= 0.3 is 0 Å². The summed E-state index contributed by atoms with van der Waals surface area (Å²) in [6.07, 6.45) is 1.05. The zero-order valence-corrected chi connectivity index (χ0v) is 10.3. The Morgan fingerprint density at radius 2 is 1.89 bits per heavy atom. The van der Waals surface area contributed by atoms with Crippen LogP contribution in [0.1, 0.15) is 31.4 Å². The smallest absolute Gasteiger partial charge is 0.194 e. The number of benzene rings is 1. The van der Waals surface area contributed by atoms with E-state index >= 15 is 0 Å². The summed E-state index contributed by atoms with van der Waals surface area (Å²) in [5, 5.41) is 0. The number of hydrazine groups is 1. The first-order valence-corrected chi connectivity index (χ1v) is 5.63. The molecule has 0 radical (unpaired) electrons. The lowest BCUT2D eigenvalue weighted by atomic mass is 10.00. The molecule has 1 aromatic rings. The number of nitrogens with one attached hydrogen (secondary N) is 1. The summed E-state index contributed by atoms with van der Waals surface area (Å²) >= 11 is 0. The summed E-state index contributed by atoms with van der Waals surface area (Å²) in [5.74, 6) is 1.42. The van der Waals surface area contributed by atoms with Gasteiger partial charge in [-0.15, -0.1) is 0 Å². The minimum atomic E-state index is -1.48. The molecule has 6 heteroatoms. The average Bonchev–Trinajstić information content (AvgIpc) is 2.38. The second kappa shape index (κ2) is 6.72. The standard InChI is InChI=1S/C12H17F3N2O/c1-7(18-2)3-6-10(17-16)8-4-5-9(13)12(15)11(8)14/h4-5,7,10,17H,3,6,16H2,1-2H3. The molecule has 0 fully saturated rings. The third-order valence-electron chi connectivity index (χ3n) is 2.91. The van der Waals surface area contributed by atoms with Crippen molar-refractivity contribution < 1.29 is 17.9 Å². The van der Waals surface area contributed by atoms with Crippen molar-refractivity contribution in [2.24, 2.45) is 5.84 Å². The van der Waals surface area contributed by atoms with Crippen molar-refractivity contribution in [2.45, 2.75) is 31.9 Å². The maximum atomic E-state index is 13.6. The predicted octanol–water partition coefficient (Wildman–Crippen LogP) is 2.42. The molecular weight excluding hydrogens is 245 g/mol. The van der Waals surface area contributed by atoms with Crippen LogP contribution in [0, 0.1) is 17.5 Å². The van der Waals surface area contributed by atoms with E-state index in [1.54, 1.807) is 7.11 Å². The van der Waals surface area contributed by atoms with Gasteiger partial charge in [0.05, 0.1) is 6.10 Å². The molecule has 0 aliphatic heterocycles. The molecule has 0 amide bonds. The summed E-state index contributed by atoms with van der Waals surface area (Å²) in [6.45, 7) is 1.86. The van der Waals surface area contributed by atoms with Gasteiger partial charge in [-0.1, -0.05) is 6.07 Å². The highest BCUT2D eigenvalue weighted by molar-refractivity contribution is 5.23. The Labute approximate surface area is 104 Å². The van der Waals surface area contributed by atoms with Crippen LogP contribution in [0.2, 0.25) is 0 Å². The van der Waals surface area contributed by atoms with Crippen LogP contribution in [0.3, 0.4) is 0 Å². The van der Waals surface area contributed by atoms with Gasteiger partial charge < -0.3 is 4.74 Å². The van der Waals surface area contributed by atoms with E-state index in [4.69, 9.17) is 10.6 Å². The van der Waals surface area contributed by atoms with E-state index in [1.165, 1.54) is 6.07 Å². The minimum Gasteiger partial charge on any atom is -0.382 e. The normalized spacial score (nSPS) is 14.6. The second-order valence-corrected chi connectivity index (χ2v) is 4.11. The van der Waals surface area contributed by atoms with Crippen LogP contribution in [0.5, 0.6) is 0 Å². The fourth-order valence-corrected chi connectivity index (χ4v) is 1.66. The first-order valence-electron chi connectivity index (χ1n) is 5.63. The summed E-state index contributed by atoms with van der Waals surface area (Å²) in [4.78, 5) is 0. The van der Waals surface area contributed by atoms with Gasteiger partial charge in [0, 0.05) is 18.7 Å². The van der Waals surface area contributed by atoms with Gasteiger partial charge in [0.2, 0.25) is 0 Å². The monoisotopic (exact) mass is 262 g/mol. The molecule has 3 nitrogen and oxygen atoms in total. The molecule has 0 spiro atoms. The van der Waals surface area contributed by atoms with E-state index in [-0.39, 0.29) is 11.7 Å². The van der Waals surface area contributed by atoms with Gasteiger partial charge in [0.25, 0.3) is 0 Å². The van der Waals surface area contributed by atoms with Crippen molar-refractivity contribution in [3.63, 3.8) is 0 Å². The van der Waals surface area contributed by atoms with Crippen molar-refractivity contribution in [3.05, 3.63) is 35.1 Å².